The minimum absolute atomic E-state index is 0.0440. The highest BCUT2D eigenvalue weighted by Gasteiger charge is 2.38. The van der Waals surface area contributed by atoms with E-state index in [0.717, 1.165) is 0 Å². The van der Waals surface area contributed by atoms with Crippen molar-refractivity contribution in [2.45, 2.75) is 31.6 Å². The lowest BCUT2D eigenvalue weighted by Gasteiger charge is -2.34. The summed E-state index contributed by atoms with van der Waals surface area (Å²) in [5, 5.41) is -0.620. The van der Waals surface area contributed by atoms with E-state index in [2.05, 4.69) is 0 Å². The highest BCUT2D eigenvalue weighted by molar-refractivity contribution is 7.92. The molecule has 0 radical (unpaired) electrons. The first-order valence-corrected chi connectivity index (χ1v) is 8.98. The van der Waals surface area contributed by atoms with Gasteiger partial charge < -0.3 is 5.73 Å². The second-order valence-corrected chi connectivity index (χ2v) is 8.78. The Morgan fingerprint density at radius 1 is 1.47 bits per heavy atom. The minimum atomic E-state index is -3.48. The molecule has 0 aromatic carbocycles. The summed E-state index contributed by atoms with van der Waals surface area (Å²) < 4.78 is 48.5. The van der Waals surface area contributed by atoms with E-state index in [4.69, 9.17) is 5.73 Å². The number of nitrogens with two attached hydrogens (primary N) is 1. The van der Waals surface area contributed by atoms with E-state index in [1.54, 1.807) is 13.8 Å². The highest BCUT2D eigenvalue weighted by Crippen LogP contribution is 2.20. The van der Waals surface area contributed by atoms with E-state index < -0.39 is 31.2 Å². The monoisotopic (exact) mass is 284 g/mol. The van der Waals surface area contributed by atoms with E-state index in [-0.39, 0.29) is 24.6 Å². The Labute approximate surface area is 103 Å². The molecule has 2 N–H and O–H groups in total. The van der Waals surface area contributed by atoms with Crippen LogP contribution < -0.4 is 5.73 Å². The molecule has 0 aliphatic carbocycles. The summed E-state index contributed by atoms with van der Waals surface area (Å²) in [7, 11) is -6.58. The molecule has 1 rings (SSSR count). The van der Waals surface area contributed by atoms with Gasteiger partial charge in [0.25, 0.3) is 0 Å². The van der Waals surface area contributed by atoms with E-state index in [0.29, 0.717) is 6.42 Å². The predicted octanol–water partition coefficient (Wildman–Crippen LogP) is -0.828. The molecule has 17 heavy (non-hydrogen) atoms. The topological polar surface area (TPSA) is 97.5 Å². The van der Waals surface area contributed by atoms with Crippen LogP contribution in [0.5, 0.6) is 0 Å². The Balaban J connectivity index is 2.95. The smallest absolute Gasteiger partial charge is 0.218 e. The van der Waals surface area contributed by atoms with Crippen LogP contribution in [0.3, 0.4) is 0 Å². The van der Waals surface area contributed by atoms with Crippen LogP contribution >= 0.6 is 0 Å². The molecule has 1 aliphatic rings. The first-order chi connectivity index (χ1) is 7.74. The van der Waals surface area contributed by atoms with Crippen molar-refractivity contribution in [2.75, 3.05) is 24.6 Å². The second-order valence-electron chi connectivity index (χ2n) is 4.39. The average Bonchev–Trinajstić information content (AvgIpc) is 2.16. The maximum Gasteiger partial charge on any atom is 0.218 e. The first kappa shape index (κ1) is 14.9. The van der Waals surface area contributed by atoms with Gasteiger partial charge >= 0.3 is 0 Å². The largest absolute Gasteiger partial charge is 0.329 e. The summed E-state index contributed by atoms with van der Waals surface area (Å²) in [5.74, 6) is -0.204. The zero-order chi connectivity index (χ0) is 13.3. The van der Waals surface area contributed by atoms with Gasteiger partial charge in [0.15, 0.2) is 9.84 Å². The molecule has 0 aromatic heterocycles. The van der Waals surface area contributed by atoms with Gasteiger partial charge in [-0.05, 0) is 13.3 Å². The van der Waals surface area contributed by atoms with Crippen LogP contribution in [-0.2, 0) is 19.9 Å². The maximum absolute atomic E-state index is 12.2. The molecule has 1 heterocycles. The zero-order valence-corrected chi connectivity index (χ0v) is 11.8. The Hall–Kier alpha value is -0.180. The fourth-order valence-corrected chi connectivity index (χ4v) is 5.79. The molecule has 1 fully saturated rings. The lowest BCUT2D eigenvalue weighted by Crippen LogP contribution is -2.53. The summed E-state index contributed by atoms with van der Waals surface area (Å²) >= 11 is 0. The predicted molar refractivity (Wildman–Crippen MR) is 66.9 cm³/mol. The van der Waals surface area contributed by atoms with Crippen molar-refractivity contribution in [3.8, 4) is 0 Å². The molecule has 0 amide bonds. The Morgan fingerprint density at radius 3 is 2.47 bits per heavy atom. The van der Waals surface area contributed by atoms with Crippen LogP contribution in [0.25, 0.3) is 0 Å². The Bertz CT molecular complexity index is 453. The lowest BCUT2D eigenvalue weighted by molar-refractivity contribution is 0.351. The van der Waals surface area contributed by atoms with Gasteiger partial charge in [-0.1, -0.05) is 6.92 Å². The molecule has 1 saturated heterocycles. The Kier molecular flexibility index (Phi) is 4.56. The number of sulfonamides is 1. The van der Waals surface area contributed by atoms with Gasteiger partial charge in [-0.3, -0.25) is 0 Å². The minimum Gasteiger partial charge on any atom is -0.329 e. The van der Waals surface area contributed by atoms with Crippen molar-refractivity contribution in [1.82, 2.24) is 4.31 Å². The van der Waals surface area contributed by atoms with Crippen LogP contribution in [-0.4, -0.2) is 57.0 Å². The summed E-state index contributed by atoms with van der Waals surface area (Å²) in [6, 6.07) is -0.501. The van der Waals surface area contributed by atoms with Crippen LogP contribution in [0.1, 0.15) is 20.3 Å². The fourth-order valence-electron chi connectivity index (χ4n) is 2.05. The Morgan fingerprint density at radius 2 is 2.06 bits per heavy atom. The van der Waals surface area contributed by atoms with E-state index in [1.807, 2.05) is 0 Å². The SMILES string of the molecule is CCC(CN)S(=O)(=O)N1CCS(=O)(=O)CC1C. The van der Waals surface area contributed by atoms with E-state index in [9.17, 15) is 16.8 Å². The molecule has 0 saturated carbocycles. The quantitative estimate of drug-likeness (QED) is 0.727. The lowest BCUT2D eigenvalue weighted by atomic mass is 10.3. The first-order valence-electron chi connectivity index (χ1n) is 5.65. The summed E-state index contributed by atoms with van der Waals surface area (Å²) in [5.41, 5.74) is 5.45. The van der Waals surface area contributed by atoms with Crippen molar-refractivity contribution in [1.29, 1.82) is 0 Å². The van der Waals surface area contributed by atoms with E-state index >= 15 is 0 Å². The molecule has 8 heteroatoms. The third-order valence-electron chi connectivity index (χ3n) is 3.08. The third-order valence-corrected chi connectivity index (χ3v) is 7.44. The van der Waals surface area contributed by atoms with Gasteiger partial charge in [0, 0.05) is 19.1 Å². The molecule has 102 valence electrons. The van der Waals surface area contributed by atoms with Gasteiger partial charge in [-0.15, -0.1) is 0 Å². The average molecular weight is 284 g/mol. The van der Waals surface area contributed by atoms with Gasteiger partial charge in [0.1, 0.15) is 0 Å². The number of hydrogen-bond donors (Lipinski definition) is 1. The van der Waals surface area contributed by atoms with Crippen LogP contribution in [0.4, 0.5) is 0 Å². The summed E-state index contributed by atoms with van der Waals surface area (Å²) in [6.07, 6.45) is 0.439. The molecule has 0 bridgehead atoms. The second kappa shape index (κ2) is 5.21. The molecule has 1 aliphatic heterocycles. The van der Waals surface area contributed by atoms with Crippen molar-refractivity contribution >= 4 is 19.9 Å². The molecular weight excluding hydrogens is 264 g/mol. The van der Waals surface area contributed by atoms with Crippen molar-refractivity contribution in [2.24, 2.45) is 5.73 Å². The van der Waals surface area contributed by atoms with Gasteiger partial charge in [-0.25, -0.2) is 16.8 Å². The molecule has 2 unspecified atom stereocenters. The van der Waals surface area contributed by atoms with Crippen LogP contribution in [0, 0.1) is 0 Å². The third kappa shape index (κ3) is 3.18. The molecule has 2 atom stereocenters. The van der Waals surface area contributed by atoms with E-state index in [1.165, 1.54) is 4.31 Å². The standard InChI is InChI=1S/C9H20N2O4S2/c1-3-9(6-10)17(14,15)11-4-5-16(12,13)7-8(11)2/h8-9H,3-7,10H2,1-2H3. The van der Waals surface area contributed by atoms with Gasteiger partial charge in [-0.2, -0.15) is 4.31 Å². The summed E-state index contributed by atoms with van der Waals surface area (Å²) in [6.45, 7) is 3.50. The number of nitrogens with zero attached hydrogens (tertiary/aromatic N) is 1. The van der Waals surface area contributed by atoms with Crippen LogP contribution in [0.15, 0.2) is 0 Å². The molecular formula is C9H20N2O4S2. The maximum atomic E-state index is 12.2. The van der Waals surface area contributed by atoms with Gasteiger partial charge in [0.05, 0.1) is 16.8 Å². The fraction of sp³-hybridized carbons (Fsp3) is 1.00. The van der Waals surface area contributed by atoms with Crippen molar-refractivity contribution in [3.63, 3.8) is 0 Å². The highest BCUT2D eigenvalue weighted by atomic mass is 32.2. The zero-order valence-electron chi connectivity index (χ0n) is 10.2. The van der Waals surface area contributed by atoms with Crippen molar-refractivity contribution < 1.29 is 16.8 Å². The normalized spacial score (nSPS) is 27.8. The van der Waals surface area contributed by atoms with Gasteiger partial charge in [0.2, 0.25) is 10.0 Å². The molecule has 0 aromatic rings. The van der Waals surface area contributed by atoms with Crippen LogP contribution in [0.2, 0.25) is 0 Å². The number of hydrogen-bond acceptors (Lipinski definition) is 5. The summed E-state index contributed by atoms with van der Waals surface area (Å²) in [4.78, 5) is 0. The number of rotatable bonds is 4. The molecule has 0 spiro atoms. The molecule has 6 nitrogen and oxygen atoms in total. The van der Waals surface area contributed by atoms with Crippen molar-refractivity contribution in [3.05, 3.63) is 0 Å². The number of sulfone groups is 1.